The van der Waals surface area contributed by atoms with Gasteiger partial charge >= 0.3 is 6.09 Å². The Hall–Kier alpha value is -2.44. The molecule has 0 radical (unpaired) electrons. The van der Waals surface area contributed by atoms with Crippen LogP contribution in [0.4, 0.5) is 10.5 Å². The second kappa shape index (κ2) is 9.76. The zero-order chi connectivity index (χ0) is 18.1. The first-order chi connectivity index (χ1) is 12.1. The number of rotatable bonds is 7. The smallest absolute Gasteiger partial charge is 0.409 e. The van der Waals surface area contributed by atoms with Crippen LogP contribution in [0, 0.1) is 0 Å². The van der Waals surface area contributed by atoms with Gasteiger partial charge in [0.15, 0.2) is 0 Å². The van der Waals surface area contributed by atoms with E-state index in [1.807, 2.05) is 24.3 Å². The Morgan fingerprint density at radius 3 is 2.64 bits per heavy atom. The maximum absolute atomic E-state index is 12.1. The molecule has 138 valence electrons. The monoisotopic (exact) mass is 349 g/mol. The number of carbonyl (C=O) groups is 2. The number of amides is 2. The quantitative estimate of drug-likeness (QED) is 0.789. The molecular formula is C18H27N3O4. The van der Waals surface area contributed by atoms with Gasteiger partial charge in [-0.1, -0.05) is 12.1 Å². The molecule has 2 N–H and O–H groups in total. The van der Waals surface area contributed by atoms with Crippen LogP contribution in [-0.2, 0) is 9.53 Å². The van der Waals surface area contributed by atoms with Gasteiger partial charge in [0, 0.05) is 32.1 Å². The van der Waals surface area contributed by atoms with Gasteiger partial charge in [0.2, 0.25) is 5.91 Å². The van der Waals surface area contributed by atoms with Crippen molar-refractivity contribution in [3.63, 3.8) is 0 Å². The molecule has 0 spiro atoms. The summed E-state index contributed by atoms with van der Waals surface area (Å²) in [7, 11) is 1.62. The first-order valence-electron chi connectivity index (χ1n) is 8.72. The predicted molar refractivity (Wildman–Crippen MR) is 95.9 cm³/mol. The molecule has 0 bridgehead atoms. The molecule has 0 aliphatic carbocycles. The van der Waals surface area contributed by atoms with Crippen molar-refractivity contribution < 1.29 is 19.1 Å². The largest absolute Gasteiger partial charge is 0.495 e. The molecule has 25 heavy (non-hydrogen) atoms. The Kier molecular flexibility index (Phi) is 7.37. The van der Waals surface area contributed by atoms with E-state index < -0.39 is 0 Å². The van der Waals surface area contributed by atoms with Crippen LogP contribution in [0.3, 0.4) is 0 Å². The lowest BCUT2D eigenvalue weighted by Crippen LogP contribution is -2.46. The highest BCUT2D eigenvalue weighted by atomic mass is 16.6. The third kappa shape index (κ3) is 5.85. The molecule has 0 atom stereocenters. The van der Waals surface area contributed by atoms with E-state index in [-0.39, 0.29) is 18.0 Å². The number of methoxy groups -OCH3 is 1. The minimum Gasteiger partial charge on any atom is -0.495 e. The van der Waals surface area contributed by atoms with Gasteiger partial charge in [-0.25, -0.2) is 4.79 Å². The highest BCUT2D eigenvalue weighted by Crippen LogP contribution is 2.22. The van der Waals surface area contributed by atoms with Crippen molar-refractivity contribution >= 4 is 17.7 Å². The maximum Gasteiger partial charge on any atom is 0.409 e. The van der Waals surface area contributed by atoms with Crippen LogP contribution in [-0.4, -0.2) is 56.3 Å². The van der Waals surface area contributed by atoms with E-state index in [9.17, 15) is 9.59 Å². The first-order valence-corrected chi connectivity index (χ1v) is 8.72. The van der Waals surface area contributed by atoms with E-state index in [0.29, 0.717) is 32.7 Å². The number of para-hydroxylation sites is 2. The van der Waals surface area contributed by atoms with Gasteiger partial charge in [-0.2, -0.15) is 0 Å². The minimum atomic E-state index is -0.270. The van der Waals surface area contributed by atoms with E-state index >= 15 is 0 Å². The Morgan fingerprint density at radius 1 is 1.24 bits per heavy atom. The van der Waals surface area contributed by atoms with E-state index in [1.165, 1.54) is 0 Å². The number of likely N-dealkylation sites (tertiary alicyclic amines) is 1. The Bertz CT molecular complexity index is 571. The summed E-state index contributed by atoms with van der Waals surface area (Å²) in [6, 6.07) is 7.73. The maximum atomic E-state index is 12.1. The van der Waals surface area contributed by atoms with Crippen molar-refractivity contribution in [1.82, 2.24) is 10.2 Å². The normalized spacial score (nSPS) is 14.7. The molecule has 1 fully saturated rings. The summed E-state index contributed by atoms with van der Waals surface area (Å²) in [6.45, 7) is 3.94. The molecule has 1 heterocycles. The third-order valence-corrected chi connectivity index (χ3v) is 4.16. The first kappa shape index (κ1) is 18.9. The molecule has 1 aliphatic heterocycles. The summed E-state index contributed by atoms with van der Waals surface area (Å²) in [5.74, 6) is 0.770. The number of ether oxygens (including phenoxy) is 2. The van der Waals surface area contributed by atoms with Crippen LogP contribution >= 0.6 is 0 Å². The van der Waals surface area contributed by atoms with Gasteiger partial charge in [-0.05, 0) is 31.9 Å². The molecule has 1 aromatic rings. The van der Waals surface area contributed by atoms with Crippen molar-refractivity contribution in [2.24, 2.45) is 0 Å². The summed E-state index contributed by atoms with van der Waals surface area (Å²) in [5, 5.41) is 6.25. The van der Waals surface area contributed by atoms with Crippen molar-refractivity contribution in [3.8, 4) is 5.75 Å². The van der Waals surface area contributed by atoms with Crippen LogP contribution in [0.5, 0.6) is 5.75 Å². The Morgan fingerprint density at radius 2 is 1.96 bits per heavy atom. The number of carbonyl (C=O) groups excluding carboxylic acids is 2. The minimum absolute atomic E-state index is 0.0111. The molecule has 1 saturated heterocycles. The number of hydrogen-bond donors (Lipinski definition) is 2. The molecule has 2 rings (SSSR count). The van der Waals surface area contributed by atoms with Crippen molar-refractivity contribution in [3.05, 3.63) is 24.3 Å². The topological polar surface area (TPSA) is 79.9 Å². The number of benzene rings is 1. The van der Waals surface area contributed by atoms with E-state index in [0.717, 1.165) is 24.3 Å². The molecule has 0 saturated carbocycles. The number of nitrogens with zero attached hydrogens (tertiary/aromatic N) is 1. The lowest BCUT2D eigenvalue weighted by molar-refractivity contribution is -0.121. The molecule has 1 aliphatic rings. The predicted octanol–water partition coefficient (Wildman–Crippen LogP) is 2.23. The average Bonchev–Trinajstić information content (AvgIpc) is 2.63. The Balaban J connectivity index is 1.67. The van der Waals surface area contributed by atoms with Gasteiger partial charge in [-0.3, -0.25) is 4.79 Å². The number of piperidine rings is 1. The standard InChI is InChI=1S/C18H27N3O4/c1-3-25-18(23)21-12-9-14(10-13-21)20-17(22)8-11-19-15-6-4-5-7-16(15)24-2/h4-7,14,19H,3,8-13H2,1-2H3,(H,20,22). The number of nitrogens with one attached hydrogen (secondary N) is 2. The van der Waals surface area contributed by atoms with Crippen molar-refractivity contribution in [2.45, 2.75) is 32.2 Å². The summed E-state index contributed by atoms with van der Waals surface area (Å²) >= 11 is 0. The molecule has 7 heteroatoms. The van der Waals surface area contributed by atoms with E-state index in [4.69, 9.17) is 9.47 Å². The molecule has 0 aromatic heterocycles. The van der Waals surface area contributed by atoms with Crippen LogP contribution in [0.25, 0.3) is 0 Å². The molecule has 2 amide bonds. The summed E-state index contributed by atoms with van der Waals surface area (Å²) in [4.78, 5) is 25.4. The molecule has 0 unspecified atom stereocenters. The van der Waals surface area contributed by atoms with Crippen molar-refractivity contribution in [2.75, 3.05) is 38.7 Å². The fraction of sp³-hybridized carbons (Fsp3) is 0.556. The average molecular weight is 349 g/mol. The van der Waals surface area contributed by atoms with Gasteiger partial charge in [0.05, 0.1) is 19.4 Å². The van der Waals surface area contributed by atoms with E-state index in [1.54, 1.807) is 18.9 Å². The van der Waals surface area contributed by atoms with Crippen LogP contribution in [0.1, 0.15) is 26.2 Å². The van der Waals surface area contributed by atoms with Crippen LogP contribution in [0.2, 0.25) is 0 Å². The van der Waals surface area contributed by atoms with Crippen LogP contribution < -0.4 is 15.4 Å². The summed E-state index contributed by atoms with van der Waals surface area (Å²) in [6.07, 6.45) is 1.62. The fourth-order valence-corrected chi connectivity index (χ4v) is 2.82. The summed E-state index contributed by atoms with van der Waals surface area (Å²) in [5.41, 5.74) is 0.876. The molecule has 1 aromatic carbocycles. The van der Waals surface area contributed by atoms with Crippen LogP contribution in [0.15, 0.2) is 24.3 Å². The molecular weight excluding hydrogens is 322 g/mol. The summed E-state index contributed by atoms with van der Waals surface area (Å²) < 4.78 is 10.3. The highest BCUT2D eigenvalue weighted by molar-refractivity contribution is 5.77. The van der Waals surface area contributed by atoms with E-state index in [2.05, 4.69) is 10.6 Å². The Labute approximate surface area is 148 Å². The molecule has 7 nitrogen and oxygen atoms in total. The van der Waals surface area contributed by atoms with Gasteiger partial charge in [0.1, 0.15) is 5.75 Å². The number of hydrogen-bond acceptors (Lipinski definition) is 5. The third-order valence-electron chi connectivity index (χ3n) is 4.16. The van der Waals surface area contributed by atoms with Gasteiger partial charge < -0.3 is 25.0 Å². The number of anilines is 1. The second-order valence-electron chi connectivity index (χ2n) is 5.90. The lowest BCUT2D eigenvalue weighted by atomic mass is 10.1. The van der Waals surface area contributed by atoms with Crippen molar-refractivity contribution in [1.29, 1.82) is 0 Å². The zero-order valence-corrected chi connectivity index (χ0v) is 14.9. The SMILES string of the molecule is CCOC(=O)N1CCC(NC(=O)CCNc2ccccc2OC)CC1. The van der Waals surface area contributed by atoms with Gasteiger partial charge in [-0.15, -0.1) is 0 Å². The highest BCUT2D eigenvalue weighted by Gasteiger charge is 2.24. The second-order valence-corrected chi connectivity index (χ2v) is 5.90. The lowest BCUT2D eigenvalue weighted by Gasteiger charge is -2.31. The van der Waals surface area contributed by atoms with Gasteiger partial charge in [0.25, 0.3) is 0 Å². The fourth-order valence-electron chi connectivity index (χ4n) is 2.82. The zero-order valence-electron chi connectivity index (χ0n) is 14.9.